The molecule has 0 radical (unpaired) electrons. The van der Waals surface area contributed by atoms with Crippen molar-refractivity contribution in [1.29, 1.82) is 0 Å². The summed E-state index contributed by atoms with van der Waals surface area (Å²) in [5.41, 5.74) is 0.874. The Morgan fingerprint density at radius 3 is 2.95 bits per heavy atom. The van der Waals surface area contributed by atoms with Crippen molar-refractivity contribution in [2.45, 2.75) is 45.1 Å². The van der Waals surface area contributed by atoms with Gasteiger partial charge in [-0.1, -0.05) is 44.4 Å². The van der Waals surface area contributed by atoms with Gasteiger partial charge < -0.3 is 9.52 Å². The molecule has 1 fully saturated rings. The number of hydrogen-bond donors (Lipinski definition) is 1. The molecule has 1 aliphatic rings. The van der Waals surface area contributed by atoms with Crippen LogP contribution < -0.4 is 0 Å². The van der Waals surface area contributed by atoms with E-state index in [0.29, 0.717) is 5.92 Å². The van der Waals surface area contributed by atoms with Crippen molar-refractivity contribution in [1.82, 2.24) is 0 Å². The number of furan rings is 1. The third kappa shape index (κ3) is 2.55. The number of benzene rings is 1. The average Bonchev–Trinajstić information content (AvgIpc) is 2.90. The zero-order chi connectivity index (χ0) is 13.2. The lowest BCUT2D eigenvalue weighted by Crippen LogP contribution is -2.21. The van der Waals surface area contributed by atoms with E-state index in [1.54, 1.807) is 0 Å². The number of hydrogen-bond acceptors (Lipinski definition) is 2. The van der Waals surface area contributed by atoms with Crippen LogP contribution in [0.1, 0.15) is 50.9 Å². The fourth-order valence-electron chi connectivity index (χ4n) is 3.37. The minimum absolute atomic E-state index is 0.360. The summed E-state index contributed by atoms with van der Waals surface area (Å²) in [4.78, 5) is 0. The molecule has 3 unspecified atom stereocenters. The molecule has 3 atom stereocenters. The Morgan fingerprint density at radius 1 is 1.32 bits per heavy atom. The monoisotopic (exact) mass is 258 g/mol. The molecule has 1 N–H and O–H groups in total. The average molecular weight is 258 g/mol. The Balaban J connectivity index is 1.80. The third-order valence-electron chi connectivity index (χ3n) is 4.58. The molecule has 1 aliphatic carbocycles. The van der Waals surface area contributed by atoms with E-state index in [0.717, 1.165) is 35.5 Å². The van der Waals surface area contributed by atoms with Gasteiger partial charge >= 0.3 is 0 Å². The van der Waals surface area contributed by atoms with Crippen LogP contribution in [0, 0.1) is 11.8 Å². The molecule has 0 aliphatic heterocycles. The Kier molecular flexibility index (Phi) is 3.61. The zero-order valence-corrected chi connectivity index (χ0v) is 11.5. The van der Waals surface area contributed by atoms with Crippen LogP contribution >= 0.6 is 0 Å². The molecule has 1 heterocycles. The van der Waals surface area contributed by atoms with Crippen LogP contribution in [0.3, 0.4) is 0 Å². The lowest BCUT2D eigenvalue weighted by molar-refractivity contribution is 0.0520. The van der Waals surface area contributed by atoms with Crippen molar-refractivity contribution in [2.24, 2.45) is 11.8 Å². The van der Waals surface area contributed by atoms with E-state index in [4.69, 9.17) is 4.42 Å². The number of para-hydroxylation sites is 1. The van der Waals surface area contributed by atoms with Gasteiger partial charge in [0, 0.05) is 5.39 Å². The smallest absolute Gasteiger partial charge is 0.134 e. The van der Waals surface area contributed by atoms with Crippen molar-refractivity contribution in [3.63, 3.8) is 0 Å². The van der Waals surface area contributed by atoms with Crippen LogP contribution in [0.5, 0.6) is 0 Å². The first-order valence-electron chi connectivity index (χ1n) is 7.44. The first-order chi connectivity index (χ1) is 9.28. The molecular formula is C17H22O2. The Hall–Kier alpha value is -1.28. The second-order valence-electron chi connectivity index (χ2n) is 5.83. The lowest BCUT2D eigenvalue weighted by Gasteiger charge is -2.30. The maximum absolute atomic E-state index is 10.6. The maximum Gasteiger partial charge on any atom is 0.134 e. The molecule has 19 heavy (non-hydrogen) atoms. The van der Waals surface area contributed by atoms with Crippen molar-refractivity contribution in [3.05, 3.63) is 36.1 Å². The SMILES string of the molecule is CCC1CCCC(C(O)c2cc3ccccc3o2)C1. The molecule has 1 aromatic carbocycles. The van der Waals surface area contributed by atoms with Gasteiger partial charge in [0.15, 0.2) is 0 Å². The van der Waals surface area contributed by atoms with Crippen molar-refractivity contribution >= 4 is 11.0 Å². The second kappa shape index (κ2) is 5.38. The van der Waals surface area contributed by atoms with E-state index >= 15 is 0 Å². The summed E-state index contributed by atoms with van der Waals surface area (Å²) < 4.78 is 5.80. The van der Waals surface area contributed by atoms with Crippen molar-refractivity contribution in [2.75, 3.05) is 0 Å². The van der Waals surface area contributed by atoms with E-state index in [1.807, 2.05) is 30.3 Å². The van der Waals surface area contributed by atoms with Gasteiger partial charge in [-0.3, -0.25) is 0 Å². The molecule has 102 valence electrons. The maximum atomic E-state index is 10.6. The number of rotatable bonds is 3. The predicted molar refractivity (Wildman–Crippen MR) is 76.9 cm³/mol. The Morgan fingerprint density at radius 2 is 2.16 bits per heavy atom. The molecule has 2 heteroatoms. The van der Waals surface area contributed by atoms with Gasteiger partial charge in [-0.15, -0.1) is 0 Å². The van der Waals surface area contributed by atoms with Gasteiger partial charge in [0.2, 0.25) is 0 Å². The third-order valence-corrected chi connectivity index (χ3v) is 4.58. The molecule has 1 aromatic heterocycles. The fourth-order valence-corrected chi connectivity index (χ4v) is 3.37. The molecule has 1 saturated carbocycles. The normalized spacial score (nSPS) is 25.6. The minimum atomic E-state index is -0.443. The van der Waals surface area contributed by atoms with Gasteiger partial charge in [-0.05, 0) is 36.8 Å². The summed E-state index contributed by atoms with van der Waals surface area (Å²) in [7, 11) is 0. The minimum Gasteiger partial charge on any atom is -0.458 e. The molecular weight excluding hydrogens is 236 g/mol. The summed E-state index contributed by atoms with van der Waals surface area (Å²) >= 11 is 0. The molecule has 3 rings (SSSR count). The number of fused-ring (bicyclic) bond motifs is 1. The van der Waals surface area contributed by atoms with Gasteiger partial charge in [-0.2, -0.15) is 0 Å². The van der Waals surface area contributed by atoms with Gasteiger partial charge in [-0.25, -0.2) is 0 Å². The second-order valence-corrected chi connectivity index (χ2v) is 5.83. The van der Waals surface area contributed by atoms with E-state index in [-0.39, 0.29) is 0 Å². The van der Waals surface area contributed by atoms with E-state index < -0.39 is 6.10 Å². The van der Waals surface area contributed by atoms with Gasteiger partial charge in [0.1, 0.15) is 17.4 Å². The summed E-state index contributed by atoms with van der Waals surface area (Å²) in [6, 6.07) is 9.96. The van der Waals surface area contributed by atoms with Crippen LogP contribution in [0.4, 0.5) is 0 Å². The highest BCUT2D eigenvalue weighted by Gasteiger charge is 2.29. The molecule has 0 saturated heterocycles. The first-order valence-corrected chi connectivity index (χ1v) is 7.44. The predicted octanol–water partition coefficient (Wildman–Crippen LogP) is 4.68. The summed E-state index contributed by atoms with van der Waals surface area (Å²) in [5, 5.41) is 11.6. The summed E-state index contributed by atoms with van der Waals surface area (Å²) in [6.07, 6.45) is 5.59. The number of aliphatic hydroxyl groups excluding tert-OH is 1. The Labute approximate surface area is 114 Å². The van der Waals surface area contributed by atoms with Crippen LogP contribution in [-0.4, -0.2) is 5.11 Å². The largest absolute Gasteiger partial charge is 0.458 e. The van der Waals surface area contributed by atoms with E-state index in [1.165, 1.54) is 19.3 Å². The quantitative estimate of drug-likeness (QED) is 0.867. The molecule has 0 bridgehead atoms. The topological polar surface area (TPSA) is 33.4 Å². The van der Waals surface area contributed by atoms with Crippen molar-refractivity contribution < 1.29 is 9.52 Å². The highest BCUT2D eigenvalue weighted by Crippen LogP contribution is 2.39. The van der Waals surface area contributed by atoms with E-state index in [9.17, 15) is 5.11 Å². The van der Waals surface area contributed by atoms with Crippen LogP contribution in [0.25, 0.3) is 11.0 Å². The summed E-state index contributed by atoms with van der Waals surface area (Å²) in [5.74, 6) is 1.87. The molecule has 2 nitrogen and oxygen atoms in total. The van der Waals surface area contributed by atoms with E-state index in [2.05, 4.69) is 6.92 Å². The zero-order valence-electron chi connectivity index (χ0n) is 11.5. The highest BCUT2D eigenvalue weighted by molar-refractivity contribution is 5.77. The van der Waals surface area contributed by atoms with Crippen LogP contribution in [0.2, 0.25) is 0 Å². The molecule has 2 aromatic rings. The lowest BCUT2D eigenvalue weighted by atomic mass is 9.77. The Bertz CT molecular complexity index is 510. The standard InChI is InChI=1S/C17H22O2/c1-2-12-6-5-8-14(10-12)17(18)16-11-13-7-3-4-9-15(13)19-16/h3-4,7,9,11-12,14,17-18H,2,5-6,8,10H2,1H3. The van der Waals surface area contributed by atoms with Crippen molar-refractivity contribution in [3.8, 4) is 0 Å². The number of aliphatic hydroxyl groups is 1. The highest BCUT2D eigenvalue weighted by atomic mass is 16.4. The fraction of sp³-hybridized carbons (Fsp3) is 0.529. The van der Waals surface area contributed by atoms with Crippen LogP contribution in [-0.2, 0) is 0 Å². The summed E-state index contributed by atoms with van der Waals surface area (Å²) in [6.45, 7) is 2.25. The first kappa shape index (κ1) is 12.7. The van der Waals surface area contributed by atoms with Crippen LogP contribution in [0.15, 0.2) is 34.7 Å². The van der Waals surface area contributed by atoms with Gasteiger partial charge in [0.05, 0.1) is 0 Å². The molecule has 0 spiro atoms. The van der Waals surface area contributed by atoms with Gasteiger partial charge in [0.25, 0.3) is 0 Å². The molecule has 0 amide bonds.